The van der Waals surface area contributed by atoms with Gasteiger partial charge in [-0.1, -0.05) is 24.4 Å². The molecule has 1 aliphatic carbocycles. The first-order chi connectivity index (χ1) is 9.79. The third-order valence-corrected chi connectivity index (χ3v) is 4.54. The molecular weight excluding hydrogens is 308 g/mol. The molecule has 21 heavy (non-hydrogen) atoms. The molecule has 0 saturated heterocycles. The maximum atomic E-state index is 13.2. The molecule has 0 spiro atoms. The van der Waals surface area contributed by atoms with Crippen LogP contribution in [0.3, 0.4) is 0 Å². The molecule has 0 radical (unpaired) electrons. The van der Waals surface area contributed by atoms with Gasteiger partial charge >= 0.3 is 6.18 Å². The average molecular weight is 325 g/mol. The summed E-state index contributed by atoms with van der Waals surface area (Å²) in [6.07, 6.45) is -3.97. The van der Waals surface area contributed by atoms with Crippen molar-refractivity contribution < 1.29 is 22.7 Å². The molecule has 0 aromatic heterocycles. The third kappa shape index (κ3) is 4.10. The van der Waals surface area contributed by atoms with E-state index in [4.69, 9.17) is 11.6 Å². The van der Waals surface area contributed by atoms with Crippen LogP contribution in [0, 0.1) is 17.7 Å². The largest absolute Gasteiger partial charge is 0.392 e. The molecule has 1 saturated carbocycles. The van der Waals surface area contributed by atoms with Crippen molar-refractivity contribution in [3.05, 3.63) is 34.6 Å². The number of halogens is 5. The van der Waals surface area contributed by atoms with E-state index in [0.717, 1.165) is 6.07 Å². The lowest BCUT2D eigenvalue weighted by Crippen LogP contribution is -2.40. The zero-order valence-electron chi connectivity index (χ0n) is 11.3. The second kappa shape index (κ2) is 6.53. The number of alkyl halides is 3. The summed E-state index contributed by atoms with van der Waals surface area (Å²) in [5.41, 5.74) is 0.343. The summed E-state index contributed by atoms with van der Waals surface area (Å²) >= 11 is 5.91. The van der Waals surface area contributed by atoms with Crippen molar-refractivity contribution in [3.63, 3.8) is 0 Å². The molecule has 1 nitrogen and oxygen atoms in total. The minimum absolute atomic E-state index is 0.0438. The van der Waals surface area contributed by atoms with Crippen molar-refractivity contribution in [3.8, 4) is 0 Å². The molecule has 1 aromatic rings. The molecule has 1 aliphatic rings. The molecule has 1 N–H and O–H groups in total. The fourth-order valence-electron chi connectivity index (χ4n) is 3.10. The predicted octanol–water partition coefficient (Wildman–Crippen LogP) is 4.75. The number of rotatable bonds is 3. The van der Waals surface area contributed by atoms with Gasteiger partial charge in [0.05, 0.1) is 12.0 Å². The SMILES string of the molecule is OC(Cc1cc(F)ccc1Cl)C1CCCCC1C(F)(F)F. The molecular formula is C15H17ClF4O. The molecule has 0 aliphatic heterocycles. The lowest BCUT2D eigenvalue weighted by atomic mass is 9.74. The Morgan fingerprint density at radius 2 is 1.90 bits per heavy atom. The second-order valence-electron chi connectivity index (χ2n) is 5.60. The minimum Gasteiger partial charge on any atom is -0.392 e. The summed E-state index contributed by atoms with van der Waals surface area (Å²) in [5.74, 6) is -2.86. The second-order valence-corrected chi connectivity index (χ2v) is 6.01. The average Bonchev–Trinajstić information content (AvgIpc) is 2.42. The highest BCUT2D eigenvalue weighted by molar-refractivity contribution is 6.31. The van der Waals surface area contributed by atoms with Crippen molar-refractivity contribution >= 4 is 11.6 Å². The molecule has 0 bridgehead atoms. The number of aliphatic hydroxyl groups excluding tert-OH is 1. The lowest BCUT2D eigenvalue weighted by Gasteiger charge is -2.36. The molecule has 1 aromatic carbocycles. The van der Waals surface area contributed by atoms with Crippen LogP contribution in [0.5, 0.6) is 0 Å². The molecule has 1 fully saturated rings. The highest BCUT2D eigenvalue weighted by atomic mass is 35.5. The summed E-state index contributed by atoms with van der Waals surface area (Å²) in [7, 11) is 0. The smallest absolute Gasteiger partial charge is 0.392 e. The quantitative estimate of drug-likeness (QED) is 0.795. The van der Waals surface area contributed by atoms with Gasteiger partial charge in [-0.2, -0.15) is 13.2 Å². The fourth-order valence-corrected chi connectivity index (χ4v) is 3.30. The summed E-state index contributed by atoms with van der Waals surface area (Å²) in [4.78, 5) is 0. The molecule has 3 atom stereocenters. The lowest BCUT2D eigenvalue weighted by molar-refractivity contribution is -0.206. The van der Waals surface area contributed by atoms with Gasteiger partial charge in [0.1, 0.15) is 5.82 Å². The van der Waals surface area contributed by atoms with Gasteiger partial charge in [0.25, 0.3) is 0 Å². The maximum Gasteiger partial charge on any atom is 0.392 e. The van der Waals surface area contributed by atoms with Crippen LogP contribution in [0.4, 0.5) is 17.6 Å². The summed E-state index contributed by atoms with van der Waals surface area (Å²) < 4.78 is 52.3. The molecule has 3 unspecified atom stereocenters. The molecule has 118 valence electrons. The molecule has 2 rings (SSSR count). The normalized spacial score (nSPS) is 24.9. The van der Waals surface area contributed by atoms with Crippen molar-refractivity contribution in [2.75, 3.05) is 0 Å². The third-order valence-electron chi connectivity index (χ3n) is 4.17. The van der Waals surface area contributed by atoms with E-state index in [0.29, 0.717) is 24.8 Å². The number of hydrogen-bond donors (Lipinski definition) is 1. The Morgan fingerprint density at radius 1 is 1.24 bits per heavy atom. The van der Waals surface area contributed by atoms with Crippen LogP contribution >= 0.6 is 11.6 Å². The Morgan fingerprint density at radius 3 is 2.57 bits per heavy atom. The first kappa shape index (κ1) is 16.6. The molecule has 0 heterocycles. The van der Waals surface area contributed by atoms with Crippen LogP contribution in [-0.2, 0) is 6.42 Å². The van der Waals surface area contributed by atoms with Crippen LogP contribution in [-0.4, -0.2) is 17.4 Å². The summed E-state index contributed by atoms with van der Waals surface area (Å²) in [6.45, 7) is 0. The first-order valence-corrected chi connectivity index (χ1v) is 7.35. The van der Waals surface area contributed by atoms with Crippen LogP contribution in [0.15, 0.2) is 18.2 Å². The highest BCUT2D eigenvalue weighted by Crippen LogP contribution is 2.43. The van der Waals surface area contributed by atoms with E-state index in [9.17, 15) is 22.7 Å². The first-order valence-electron chi connectivity index (χ1n) is 6.97. The molecule has 6 heteroatoms. The zero-order chi connectivity index (χ0) is 15.6. The Bertz CT molecular complexity index is 489. The minimum atomic E-state index is -4.31. The Balaban J connectivity index is 2.14. The van der Waals surface area contributed by atoms with Gasteiger partial charge in [0.15, 0.2) is 0 Å². The number of aliphatic hydroxyl groups is 1. The van der Waals surface area contributed by atoms with Gasteiger partial charge in [0, 0.05) is 11.4 Å². The van der Waals surface area contributed by atoms with Gasteiger partial charge in [-0.3, -0.25) is 0 Å². The number of hydrogen-bond acceptors (Lipinski definition) is 1. The van der Waals surface area contributed by atoms with Crippen LogP contribution in [0.25, 0.3) is 0 Å². The van der Waals surface area contributed by atoms with Gasteiger partial charge < -0.3 is 5.11 Å². The maximum absolute atomic E-state index is 13.2. The Hall–Kier alpha value is -0.810. The number of benzene rings is 1. The van der Waals surface area contributed by atoms with E-state index in [-0.39, 0.29) is 17.9 Å². The topological polar surface area (TPSA) is 20.2 Å². The van der Waals surface area contributed by atoms with Gasteiger partial charge in [-0.05, 0) is 42.5 Å². The van der Waals surface area contributed by atoms with Crippen LogP contribution < -0.4 is 0 Å². The van der Waals surface area contributed by atoms with E-state index in [1.54, 1.807) is 0 Å². The highest BCUT2D eigenvalue weighted by Gasteiger charge is 2.47. The van der Waals surface area contributed by atoms with E-state index in [2.05, 4.69) is 0 Å². The van der Waals surface area contributed by atoms with Crippen molar-refractivity contribution in [2.24, 2.45) is 11.8 Å². The van der Waals surface area contributed by atoms with Crippen LogP contribution in [0.1, 0.15) is 31.2 Å². The van der Waals surface area contributed by atoms with Crippen molar-refractivity contribution in [1.29, 1.82) is 0 Å². The van der Waals surface area contributed by atoms with Gasteiger partial charge in [0.2, 0.25) is 0 Å². The zero-order valence-corrected chi connectivity index (χ0v) is 12.1. The van der Waals surface area contributed by atoms with E-state index in [1.807, 2.05) is 0 Å². The van der Waals surface area contributed by atoms with E-state index < -0.39 is 29.9 Å². The van der Waals surface area contributed by atoms with E-state index in [1.165, 1.54) is 12.1 Å². The van der Waals surface area contributed by atoms with E-state index >= 15 is 0 Å². The van der Waals surface area contributed by atoms with Crippen LogP contribution in [0.2, 0.25) is 5.02 Å². The van der Waals surface area contributed by atoms with Crippen molar-refractivity contribution in [2.45, 2.75) is 44.4 Å². The fraction of sp³-hybridized carbons (Fsp3) is 0.600. The van der Waals surface area contributed by atoms with Gasteiger partial charge in [-0.15, -0.1) is 0 Å². The summed E-state index contributed by atoms with van der Waals surface area (Å²) in [6, 6.07) is 3.69. The predicted molar refractivity (Wildman–Crippen MR) is 72.6 cm³/mol. The Labute approximate surface area is 125 Å². The van der Waals surface area contributed by atoms with Crippen molar-refractivity contribution in [1.82, 2.24) is 0 Å². The van der Waals surface area contributed by atoms with Gasteiger partial charge in [-0.25, -0.2) is 4.39 Å². The standard InChI is InChI=1S/C15H17ClF4O/c16-13-6-5-10(17)7-9(13)8-14(21)11-3-1-2-4-12(11)15(18,19)20/h5-7,11-12,14,21H,1-4,8H2. The molecule has 0 amide bonds. The summed E-state index contributed by atoms with van der Waals surface area (Å²) in [5, 5.41) is 10.5. The Kier molecular flexibility index (Phi) is 5.15. The monoisotopic (exact) mass is 324 g/mol.